The number of aromatic nitrogens is 1. The van der Waals surface area contributed by atoms with Crippen LogP contribution in [0.15, 0.2) is 71.8 Å². The number of carbonyl (C=O) groups is 3. The molecule has 1 atom stereocenters. The lowest BCUT2D eigenvalue weighted by Gasteiger charge is -2.20. The van der Waals surface area contributed by atoms with Gasteiger partial charge >= 0.3 is 11.5 Å². The summed E-state index contributed by atoms with van der Waals surface area (Å²) in [6.07, 6.45) is 1.40. The van der Waals surface area contributed by atoms with Gasteiger partial charge in [-0.2, -0.15) is 13.2 Å². The maximum atomic E-state index is 13.1. The Kier molecular flexibility index (Phi) is 7.17. The quantitative estimate of drug-likeness (QED) is 0.435. The Morgan fingerprint density at radius 1 is 1.08 bits per heavy atom. The molecule has 1 aliphatic rings. The number of halogens is 4. The zero-order valence-electron chi connectivity index (χ0n) is 19.4. The van der Waals surface area contributed by atoms with Gasteiger partial charge in [0.1, 0.15) is 11.9 Å². The predicted molar refractivity (Wildman–Crippen MR) is 131 cm³/mol. The SMILES string of the molecule is CC1C(=O)N(c2ccc(S(=O)(=O)C(F)(F)F)cc2)C(=O)N1Cc1ccnc(NC(=O)c2ccccc2Cl)c1. The molecule has 1 aromatic heterocycles. The molecule has 3 aromatic rings. The predicted octanol–water partition coefficient (Wildman–Crippen LogP) is 4.64. The van der Waals surface area contributed by atoms with Crippen LogP contribution in [0.2, 0.25) is 5.02 Å². The van der Waals surface area contributed by atoms with Gasteiger partial charge in [-0.05, 0) is 61.0 Å². The number of amides is 4. The highest BCUT2D eigenvalue weighted by molar-refractivity contribution is 7.92. The van der Waals surface area contributed by atoms with E-state index in [9.17, 15) is 36.0 Å². The summed E-state index contributed by atoms with van der Waals surface area (Å²) in [6.45, 7) is 1.42. The normalized spacial score (nSPS) is 16.2. The first kappa shape index (κ1) is 27.1. The number of pyridine rings is 1. The summed E-state index contributed by atoms with van der Waals surface area (Å²) in [5.41, 5.74) is -4.82. The van der Waals surface area contributed by atoms with Gasteiger partial charge in [-0.1, -0.05) is 23.7 Å². The Morgan fingerprint density at radius 2 is 1.74 bits per heavy atom. The lowest BCUT2D eigenvalue weighted by molar-refractivity contribution is -0.119. The molecular weight excluding hydrogens is 549 g/mol. The van der Waals surface area contributed by atoms with Crippen molar-refractivity contribution in [1.82, 2.24) is 9.88 Å². The van der Waals surface area contributed by atoms with E-state index < -0.39 is 44.1 Å². The summed E-state index contributed by atoms with van der Waals surface area (Å²) >= 11 is 6.05. The molecule has 2 heterocycles. The molecule has 1 saturated heterocycles. The number of alkyl halides is 3. The van der Waals surface area contributed by atoms with Crippen LogP contribution < -0.4 is 10.2 Å². The number of sulfone groups is 1. The van der Waals surface area contributed by atoms with Gasteiger partial charge in [-0.25, -0.2) is 23.1 Å². The van der Waals surface area contributed by atoms with E-state index in [0.29, 0.717) is 17.7 Å². The minimum atomic E-state index is -5.58. The summed E-state index contributed by atoms with van der Waals surface area (Å²) in [5, 5.41) is 2.86. The van der Waals surface area contributed by atoms with Crippen molar-refractivity contribution in [2.75, 3.05) is 10.2 Å². The van der Waals surface area contributed by atoms with Crippen molar-refractivity contribution in [3.63, 3.8) is 0 Å². The van der Waals surface area contributed by atoms with Crippen LogP contribution in [0.3, 0.4) is 0 Å². The smallest absolute Gasteiger partial charge is 0.308 e. The first-order chi connectivity index (χ1) is 17.8. The third-order valence-corrected chi connectivity index (χ3v) is 7.56. The largest absolute Gasteiger partial charge is 0.501 e. The average molecular weight is 567 g/mol. The summed E-state index contributed by atoms with van der Waals surface area (Å²) in [7, 11) is -5.58. The van der Waals surface area contributed by atoms with E-state index in [2.05, 4.69) is 10.3 Å². The molecule has 1 fully saturated rings. The number of imide groups is 1. The Balaban J connectivity index is 1.52. The molecule has 2 aromatic carbocycles. The van der Waals surface area contributed by atoms with Gasteiger partial charge < -0.3 is 10.2 Å². The summed E-state index contributed by atoms with van der Waals surface area (Å²) in [4.78, 5) is 43.5. The number of carbonyl (C=O) groups excluding carboxylic acids is 3. The fourth-order valence-corrected chi connectivity index (χ4v) is 4.71. The molecule has 0 aliphatic carbocycles. The first-order valence-electron chi connectivity index (χ1n) is 10.9. The molecule has 0 bridgehead atoms. The van der Waals surface area contributed by atoms with Crippen molar-refractivity contribution in [3.05, 3.63) is 83.0 Å². The van der Waals surface area contributed by atoms with E-state index in [1.165, 1.54) is 30.2 Å². The summed E-state index contributed by atoms with van der Waals surface area (Å²) in [6, 6.07) is 11.1. The zero-order valence-corrected chi connectivity index (χ0v) is 21.0. The van der Waals surface area contributed by atoms with E-state index in [4.69, 9.17) is 11.6 Å². The third-order valence-electron chi connectivity index (χ3n) is 5.73. The molecule has 0 saturated carbocycles. The zero-order chi connectivity index (χ0) is 27.8. The molecule has 4 rings (SSSR count). The second kappa shape index (κ2) is 10.1. The van der Waals surface area contributed by atoms with Crippen molar-refractivity contribution < 1.29 is 36.0 Å². The van der Waals surface area contributed by atoms with Crippen LogP contribution in [-0.2, 0) is 21.2 Å². The average Bonchev–Trinajstić information content (AvgIpc) is 3.07. The topological polar surface area (TPSA) is 117 Å². The number of benzene rings is 2. The van der Waals surface area contributed by atoms with Crippen molar-refractivity contribution in [3.8, 4) is 0 Å². The van der Waals surface area contributed by atoms with Crippen molar-refractivity contribution >= 4 is 50.8 Å². The molecule has 198 valence electrons. The molecular formula is C24H18ClF3N4O5S. The summed E-state index contributed by atoms with van der Waals surface area (Å²) < 4.78 is 61.6. The van der Waals surface area contributed by atoms with Gasteiger partial charge in [0.15, 0.2) is 0 Å². The fourth-order valence-electron chi connectivity index (χ4n) is 3.73. The van der Waals surface area contributed by atoms with E-state index in [1.807, 2.05) is 0 Å². The number of nitrogens with zero attached hydrogens (tertiary/aromatic N) is 3. The minimum absolute atomic E-state index is 0.0553. The van der Waals surface area contributed by atoms with Crippen LogP contribution in [0.1, 0.15) is 22.8 Å². The Hall–Kier alpha value is -3.97. The van der Waals surface area contributed by atoms with Crippen LogP contribution in [0, 0.1) is 0 Å². The van der Waals surface area contributed by atoms with Gasteiger partial charge in [0.05, 0.1) is 21.2 Å². The molecule has 1 unspecified atom stereocenters. The number of nitrogens with one attached hydrogen (secondary N) is 1. The highest BCUT2D eigenvalue weighted by Crippen LogP contribution is 2.33. The fraction of sp³-hybridized carbons (Fsp3) is 0.167. The maximum absolute atomic E-state index is 13.1. The van der Waals surface area contributed by atoms with Gasteiger partial charge in [-0.15, -0.1) is 0 Å². The van der Waals surface area contributed by atoms with E-state index in [-0.39, 0.29) is 28.6 Å². The third kappa shape index (κ3) is 5.07. The van der Waals surface area contributed by atoms with Gasteiger partial charge in [-0.3, -0.25) is 9.59 Å². The number of hydrogen-bond donors (Lipinski definition) is 1. The Morgan fingerprint density at radius 3 is 2.37 bits per heavy atom. The number of urea groups is 1. The molecule has 0 radical (unpaired) electrons. The minimum Gasteiger partial charge on any atom is -0.308 e. The number of hydrogen-bond acceptors (Lipinski definition) is 6. The van der Waals surface area contributed by atoms with Gasteiger partial charge in [0.2, 0.25) is 0 Å². The highest BCUT2D eigenvalue weighted by Gasteiger charge is 2.47. The molecule has 0 spiro atoms. The molecule has 38 heavy (non-hydrogen) atoms. The monoisotopic (exact) mass is 566 g/mol. The Labute approximate surface area is 219 Å². The second-order valence-electron chi connectivity index (χ2n) is 8.19. The first-order valence-corrected chi connectivity index (χ1v) is 12.7. The molecule has 1 N–H and O–H groups in total. The van der Waals surface area contributed by atoms with E-state index in [0.717, 1.165) is 17.0 Å². The van der Waals surface area contributed by atoms with Crippen molar-refractivity contribution in [2.24, 2.45) is 0 Å². The van der Waals surface area contributed by atoms with Crippen LogP contribution in [0.25, 0.3) is 0 Å². The molecule has 9 nitrogen and oxygen atoms in total. The van der Waals surface area contributed by atoms with Gasteiger partial charge in [0.25, 0.3) is 21.7 Å². The summed E-state index contributed by atoms with van der Waals surface area (Å²) in [5.74, 6) is -0.970. The lowest BCUT2D eigenvalue weighted by atomic mass is 10.2. The molecule has 14 heteroatoms. The van der Waals surface area contributed by atoms with Crippen LogP contribution >= 0.6 is 11.6 Å². The maximum Gasteiger partial charge on any atom is 0.501 e. The van der Waals surface area contributed by atoms with E-state index >= 15 is 0 Å². The Bertz CT molecular complexity index is 1530. The standard InChI is InChI=1S/C24H18ClF3N4O5S/c1-14-22(34)32(16-6-8-17(9-7-16)38(36,37)24(26,27)28)23(35)31(14)13-15-10-11-29-20(12-15)30-21(33)18-4-2-3-5-19(18)25/h2-12,14H,13H2,1H3,(H,29,30,33). The van der Waals surface area contributed by atoms with Crippen molar-refractivity contribution in [1.29, 1.82) is 0 Å². The molecule has 1 aliphatic heterocycles. The van der Waals surface area contributed by atoms with E-state index in [1.54, 1.807) is 24.3 Å². The van der Waals surface area contributed by atoms with Crippen molar-refractivity contribution in [2.45, 2.75) is 29.9 Å². The van der Waals surface area contributed by atoms with Crippen LogP contribution in [-0.4, -0.2) is 47.7 Å². The van der Waals surface area contributed by atoms with Crippen LogP contribution in [0.5, 0.6) is 0 Å². The highest BCUT2D eigenvalue weighted by atomic mass is 35.5. The lowest BCUT2D eigenvalue weighted by Crippen LogP contribution is -2.33. The molecule has 4 amide bonds. The van der Waals surface area contributed by atoms with Gasteiger partial charge in [0, 0.05) is 12.7 Å². The van der Waals surface area contributed by atoms with Crippen LogP contribution in [0.4, 0.5) is 29.5 Å². The number of anilines is 2. The number of rotatable bonds is 6. The second-order valence-corrected chi connectivity index (χ2v) is 10.5.